The third-order valence-corrected chi connectivity index (χ3v) is 2.96. The number of rotatable bonds is 5. The Hall–Kier alpha value is -2.71. The molecule has 9 heteroatoms. The van der Waals surface area contributed by atoms with E-state index in [4.69, 9.17) is 10.8 Å². The number of hydrogen-bond donors (Lipinski definition) is 3. The Morgan fingerprint density at radius 3 is 2.43 bits per heavy atom. The minimum atomic E-state index is -1.49. The third-order valence-electron chi connectivity index (χ3n) is 2.96. The van der Waals surface area contributed by atoms with Gasteiger partial charge in [0.2, 0.25) is 5.91 Å². The monoisotopic (exact) mass is 296 g/mol. The Kier molecular flexibility index (Phi) is 4.79. The van der Waals surface area contributed by atoms with E-state index in [0.29, 0.717) is 11.3 Å². The van der Waals surface area contributed by atoms with Crippen molar-refractivity contribution in [1.29, 1.82) is 0 Å². The fourth-order valence-corrected chi connectivity index (χ4v) is 1.75. The summed E-state index contributed by atoms with van der Waals surface area (Å²) in [5.74, 6) is -3.17. The molecule has 1 heterocycles. The van der Waals surface area contributed by atoms with Gasteiger partial charge in [-0.15, -0.1) is 0 Å². The van der Waals surface area contributed by atoms with Gasteiger partial charge in [0.05, 0.1) is 12.1 Å². The molecule has 0 aliphatic rings. The zero-order valence-electron chi connectivity index (χ0n) is 11.8. The Balaban J connectivity index is 3.17. The van der Waals surface area contributed by atoms with Crippen LogP contribution in [0.15, 0.2) is 4.79 Å². The number of carboxylic acids is 1. The van der Waals surface area contributed by atoms with E-state index in [-0.39, 0.29) is 5.56 Å². The highest BCUT2D eigenvalue weighted by molar-refractivity contribution is 5.98. The Labute approximate surface area is 119 Å². The number of nitrogens with one attached hydrogen (secondary N) is 1. The molecule has 21 heavy (non-hydrogen) atoms. The number of carboxylic acid groups (broad SMARTS) is 1. The molecule has 9 nitrogen and oxygen atoms in total. The van der Waals surface area contributed by atoms with Crippen molar-refractivity contribution in [1.82, 2.24) is 15.1 Å². The Morgan fingerprint density at radius 2 is 1.95 bits per heavy atom. The highest BCUT2D eigenvalue weighted by Gasteiger charge is 2.25. The molecular weight excluding hydrogens is 280 g/mol. The molecule has 0 saturated heterocycles. The van der Waals surface area contributed by atoms with Crippen LogP contribution < -0.4 is 16.6 Å². The standard InChI is InChI=1S/C12H16N4O5/c1-5-6(2)15-16(3)11(19)9(5)10(18)14-7(12(20)21)4-8(13)17/h7H,4H2,1-3H3,(H2,13,17)(H,14,18)(H,20,21)/t7-/m1/s1. The molecule has 0 bridgehead atoms. The molecule has 0 saturated carbocycles. The fraction of sp³-hybridized carbons (Fsp3) is 0.417. The predicted molar refractivity (Wildman–Crippen MR) is 71.7 cm³/mol. The lowest BCUT2D eigenvalue weighted by Gasteiger charge is -2.14. The summed E-state index contributed by atoms with van der Waals surface area (Å²) in [4.78, 5) is 45.9. The van der Waals surface area contributed by atoms with Crippen LogP contribution in [0.25, 0.3) is 0 Å². The summed E-state index contributed by atoms with van der Waals surface area (Å²) in [6.07, 6.45) is -0.565. The van der Waals surface area contributed by atoms with Gasteiger partial charge in [0.15, 0.2) is 0 Å². The molecule has 0 radical (unpaired) electrons. The van der Waals surface area contributed by atoms with Gasteiger partial charge in [0.25, 0.3) is 11.5 Å². The van der Waals surface area contributed by atoms with Crippen LogP contribution in [0, 0.1) is 13.8 Å². The normalized spacial score (nSPS) is 11.8. The maximum Gasteiger partial charge on any atom is 0.326 e. The van der Waals surface area contributed by atoms with Crippen LogP contribution in [-0.2, 0) is 16.6 Å². The van der Waals surface area contributed by atoms with E-state index < -0.39 is 35.8 Å². The lowest BCUT2D eigenvalue weighted by molar-refractivity contribution is -0.140. The lowest BCUT2D eigenvalue weighted by atomic mass is 10.1. The molecule has 114 valence electrons. The highest BCUT2D eigenvalue weighted by atomic mass is 16.4. The maximum absolute atomic E-state index is 12.1. The molecule has 0 fully saturated rings. The zero-order chi connectivity index (χ0) is 16.3. The summed E-state index contributed by atoms with van der Waals surface area (Å²) in [7, 11) is 1.38. The van der Waals surface area contributed by atoms with Gasteiger partial charge in [0, 0.05) is 7.05 Å². The van der Waals surface area contributed by atoms with Gasteiger partial charge in [0.1, 0.15) is 11.6 Å². The van der Waals surface area contributed by atoms with Crippen LogP contribution in [0.4, 0.5) is 0 Å². The molecule has 0 aliphatic carbocycles. The topological polar surface area (TPSA) is 144 Å². The van der Waals surface area contributed by atoms with Gasteiger partial charge in [-0.05, 0) is 19.4 Å². The zero-order valence-corrected chi connectivity index (χ0v) is 11.8. The SMILES string of the molecule is Cc1nn(C)c(=O)c(C(=O)N[C@H](CC(N)=O)C(=O)O)c1C. The summed E-state index contributed by atoms with van der Waals surface area (Å²) in [5, 5.41) is 15.0. The van der Waals surface area contributed by atoms with Crippen molar-refractivity contribution in [2.24, 2.45) is 12.8 Å². The summed E-state index contributed by atoms with van der Waals surface area (Å²) in [5.41, 5.74) is 4.87. The average Bonchev–Trinajstić information content (AvgIpc) is 2.35. The third kappa shape index (κ3) is 3.65. The van der Waals surface area contributed by atoms with E-state index in [9.17, 15) is 19.2 Å². The van der Waals surface area contributed by atoms with Crippen molar-refractivity contribution in [3.05, 3.63) is 27.2 Å². The van der Waals surface area contributed by atoms with Gasteiger partial charge < -0.3 is 16.2 Å². The smallest absolute Gasteiger partial charge is 0.326 e. The number of aryl methyl sites for hydroxylation is 2. The van der Waals surface area contributed by atoms with Crippen molar-refractivity contribution in [3.8, 4) is 0 Å². The van der Waals surface area contributed by atoms with Crippen LogP contribution in [0.3, 0.4) is 0 Å². The first-order chi connectivity index (χ1) is 9.65. The first-order valence-corrected chi connectivity index (χ1v) is 6.01. The van der Waals surface area contributed by atoms with Gasteiger partial charge >= 0.3 is 5.97 Å². The minimum Gasteiger partial charge on any atom is -0.480 e. The van der Waals surface area contributed by atoms with Crippen LogP contribution >= 0.6 is 0 Å². The van der Waals surface area contributed by atoms with E-state index in [1.165, 1.54) is 14.0 Å². The van der Waals surface area contributed by atoms with Crippen LogP contribution in [0.1, 0.15) is 28.0 Å². The molecule has 0 aliphatic heterocycles. The van der Waals surface area contributed by atoms with Crippen molar-refractivity contribution < 1.29 is 19.5 Å². The Bertz CT molecular complexity index is 664. The number of nitrogens with zero attached hydrogens (tertiary/aromatic N) is 2. The predicted octanol–water partition coefficient (Wildman–Crippen LogP) is -1.54. The average molecular weight is 296 g/mol. The molecule has 0 aromatic carbocycles. The quantitative estimate of drug-likeness (QED) is 0.600. The van der Waals surface area contributed by atoms with E-state index >= 15 is 0 Å². The first-order valence-electron chi connectivity index (χ1n) is 6.01. The molecule has 1 aromatic rings. The number of primary amides is 1. The number of aromatic nitrogens is 2. The fourth-order valence-electron chi connectivity index (χ4n) is 1.75. The maximum atomic E-state index is 12.1. The van der Waals surface area contributed by atoms with E-state index in [1.54, 1.807) is 6.92 Å². The molecule has 4 N–H and O–H groups in total. The van der Waals surface area contributed by atoms with Gasteiger partial charge in [-0.1, -0.05) is 0 Å². The second kappa shape index (κ2) is 6.16. The summed E-state index contributed by atoms with van der Waals surface area (Å²) in [6, 6.07) is -1.49. The van der Waals surface area contributed by atoms with E-state index in [1.807, 2.05) is 0 Å². The molecule has 1 rings (SSSR count). The van der Waals surface area contributed by atoms with Gasteiger partial charge in [-0.2, -0.15) is 5.10 Å². The first kappa shape index (κ1) is 16.3. The summed E-state index contributed by atoms with van der Waals surface area (Å²) < 4.78 is 0.987. The number of carbonyl (C=O) groups is 3. The number of carbonyl (C=O) groups excluding carboxylic acids is 2. The van der Waals surface area contributed by atoms with E-state index in [0.717, 1.165) is 4.68 Å². The van der Waals surface area contributed by atoms with Crippen molar-refractivity contribution in [2.45, 2.75) is 26.3 Å². The second-order valence-corrected chi connectivity index (χ2v) is 4.55. The molecule has 2 amide bonds. The molecular formula is C12H16N4O5. The van der Waals surface area contributed by atoms with Crippen molar-refractivity contribution in [2.75, 3.05) is 0 Å². The number of hydrogen-bond acceptors (Lipinski definition) is 5. The number of amides is 2. The number of nitrogens with two attached hydrogens (primary N) is 1. The van der Waals surface area contributed by atoms with Gasteiger partial charge in [-0.3, -0.25) is 14.4 Å². The van der Waals surface area contributed by atoms with E-state index in [2.05, 4.69) is 10.4 Å². The number of aliphatic carboxylic acids is 1. The largest absolute Gasteiger partial charge is 0.480 e. The van der Waals surface area contributed by atoms with Crippen LogP contribution in [0.5, 0.6) is 0 Å². The lowest BCUT2D eigenvalue weighted by Crippen LogP contribution is -2.45. The second-order valence-electron chi connectivity index (χ2n) is 4.55. The molecule has 0 unspecified atom stereocenters. The highest BCUT2D eigenvalue weighted by Crippen LogP contribution is 2.06. The molecule has 1 aromatic heterocycles. The van der Waals surface area contributed by atoms with Crippen LogP contribution in [-0.4, -0.2) is 38.7 Å². The van der Waals surface area contributed by atoms with Gasteiger partial charge in [-0.25, -0.2) is 9.48 Å². The van der Waals surface area contributed by atoms with Crippen LogP contribution in [0.2, 0.25) is 0 Å². The summed E-state index contributed by atoms with van der Waals surface area (Å²) >= 11 is 0. The van der Waals surface area contributed by atoms with Crippen molar-refractivity contribution in [3.63, 3.8) is 0 Å². The van der Waals surface area contributed by atoms with Crippen molar-refractivity contribution >= 4 is 17.8 Å². The minimum absolute atomic E-state index is 0.208. The Morgan fingerprint density at radius 1 is 1.38 bits per heavy atom. The molecule has 1 atom stereocenters. The molecule has 0 spiro atoms. The summed E-state index contributed by atoms with van der Waals surface area (Å²) in [6.45, 7) is 3.14.